The maximum absolute atomic E-state index is 12.6. The lowest BCUT2D eigenvalue weighted by atomic mass is 10.2. The minimum absolute atomic E-state index is 0.0721. The third-order valence-electron chi connectivity index (χ3n) is 2.81. The number of nitrogens with one attached hydrogen (secondary N) is 1. The molecule has 0 amide bonds. The molecule has 0 radical (unpaired) electrons. The van der Waals surface area contributed by atoms with E-state index in [1.807, 2.05) is 13.0 Å². The van der Waals surface area contributed by atoms with Crippen LogP contribution in [0.15, 0.2) is 27.6 Å². The molecule has 1 rings (SSSR count). The number of benzene rings is 1. The topological polar surface area (TPSA) is 49.4 Å². The average molecular weight is 359 g/mol. The highest BCUT2D eigenvalue weighted by Crippen LogP contribution is 2.26. The first kappa shape index (κ1) is 17.2. The molecule has 0 aliphatic rings. The van der Waals surface area contributed by atoms with Gasteiger partial charge in [-0.25, -0.2) is 8.42 Å². The summed E-state index contributed by atoms with van der Waals surface area (Å²) in [5.41, 5.74) is 0.922. The third kappa shape index (κ3) is 4.06. The minimum Gasteiger partial charge on any atom is -0.313 e. The maximum Gasteiger partial charge on any atom is 0.245 e. The SMILES string of the molecule is C#CCN(CC)S(=O)(=O)c1cc(CNCC)ccc1Br. The predicted octanol–water partition coefficient (Wildman–Crippen LogP) is 2.20. The van der Waals surface area contributed by atoms with Gasteiger partial charge in [0.05, 0.1) is 11.4 Å². The van der Waals surface area contributed by atoms with E-state index in [1.165, 1.54) is 4.31 Å². The minimum atomic E-state index is -3.58. The van der Waals surface area contributed by atoms with Crippen molar-refractivity contribution in [2.24, 2.45) is 0 Å². The Hall–Kier alpha value is -0.870. The van der Waals surface area contributed by atoms with Crippen molar-refractivity contribution < 1.29 is 8.42 Å². The van der Waals surface area contributed by atoms with Gasteiger partial charge in [0.1, 0.15) is 0 Å². The van der Waals surface area contributed by atoms with E-state index in [4.69, 9.17) is 6.42 Å². The first-order chi connectivity index (χ1) is 9.47. The van der Waals surface area contributed by atoms with Crippen LogP contribution >= 0.6 is 15.9 Å². The molecule has 0 aliphatic carbocycles. The summed E-state index contributed by atoms with van der Waals surface area (Å²) in [6, 6.07) is 5.33. The van der Waals surface area contributed by atoms with Crippen molar-refractivity contribution in [3.05, 3.63) is 28.2 Å². The van der Waals surface area contributed by atoms with E-state index in [0.29, 0.717) is 17.6 Å². The Bertz CT molecular complexity index is 594. The predicted molar refractivity (Wildman–Crippen MR) is 84.8 cm³/mol. The van der Waals surface area contributed by atoms with Crippen molar-refractivity contribution in [2.45, 2.75) is 25.3 Å². The Balaban J connectivity index is 3.19. The number of sulfonamides is 1. The van der Waals surface area contributed by atoms with Gasteiger partial charge in [-0.2, -0.15) is 4.31 Å². The van der Waals surface area contributed by atoms with Crippen molar-refractivity contribution in [3.8, 4) is 12.3 Å². The number of hydrogen-bond acceptors (Lipinski definition) is 3. The zero-order valence-corrected chi connectivity index (χ0v) is 14.1. The van der Waals surface area contributed by atoms with Crippen LogP contribution in [0.2, 0.25) is 0 Å². The van der Waals surface area contributed by atoms with Crippen molar-refractivity contribution >= 4 is 26.0 Å². The summed E-state index contributed by atoms with van der Waals surface area (Å²) in [6.45, 7) is 5.65. The summed E-state index contributed by atoms with van der Waals surface area (Å²) in [5.74, 6) is 2.38. The summed E-state index contributed by atoms with van der Waals surface area (Å²) >= 11 is 3.31. The number of nitrogens with zero attached hydrogens (tertiary/aromatic N) is 1. The standard InChI is InChI=1S/C14H19BrN2O2S/c1-4-9-17(6-3)20(18,19)14-10-12(11-16-5-2)7-8-13(14)15/h1,7-8,10,16H,5-6,9,11H2,2-3H3. The zero-order valence-electron chi connectivity index (χ0n) is 11.7. The van der Waals surface area contributed by atoms with Crippen LogP contribution in [0.4, 0.5) is 0 Å². The van der Waals surface area contributed by atoms with Crippen LogP contribution in [0.3, 0.4) is 0 Å². The molecule has 1 aromatic carbocycles. The molecule has 6 heteroatoms. The third-order valence-corrected chi connectivity index (χ3v) is 5.73. The van der Waals surface area contributed by atoms with Gasteiger partial charge in [0, 0.05) is 17.6 Å². The van der Waals surface area contributed by atoms with Gasteiger partial charge in [0.2, 0.25) is 10.0 Å². The number of terminal acetylenes is 1. The fourth-order valence-electron chi connectivity index (χ4n) is 1.73. The molecular weight excluding hydrogens is 340 g/mol. The van der Waals surface area contributed by atoms with Gasteiger partial charge in [-0.1, -0.05) is 25.8 Å². The second-order valence-corrected chi connectivity index (χ2v) is 6.94. The highest BCUT2D eigenvalue weighted by atomic mass is 79.9. The van der Waals surface area contributed by atoms with Crippen LogP contribution in [0, 0.1) is 12.3 Å². The van der Waals surface area contributed by atoms with Gasteiger partial charge >= 0.3 is 0 Å². The lowest BCUT2D eigenvalue weighted by Crippen LogP contribution is -2.31. The van der Waals surface area contributed by atoms with E-state index >= 15 is 0 Å². The van der Waals surface area contributed by atoms with Crippen LogP contribution in [0.5, 0.6) is 0 Å². The van der Waals surface area contributed by atoms with Gasteiger partial charge in [-0.3, -0.25) is 0 Å². The van der Waals surface area contributed by atoms with Crippen molar-refractivity contribution in [1.82, 2.24) is 9.62 Å². The van der Waals surface area contributed by atoms with Crippen LogP contribution < -0.4 is 5.32 Å². The van der Waals surface area contributed by atoms with Gasteiger partial charge in [0.25, 0.3) is 0 Å². The van der Waals surface area contributed by atoms with E-state index < -0.39 is 10.0 Å². The molecule has 0 fully saturated rings. The largest absolute Gasteiger partial charge is 0.313 e. The van der Waals surface area contributed by atoms with Crippen molar-refractivity contribution in [3.63, 3.8) is 0 Å². The van der Waals surface area contributed by atoms with E-state index in [0.717, 1.165) is 12.1 Å². The summed E-state index contributed by atoms with van der Waals surface area (Å²) in [5, 5.41) is 3.17. The summed E-state index contributed by atoms with van der Waals surface area (Å²) in [6.07, 6.45) is 5.24. The normalized spacial score (nSPS) is 11.6. The quantitative estimate of drug-likeness (QED) is 0.760. The number of halogens is 1. The van der Waals surface area contributed by atoms with Gasteiger partial charge < -0.3 is 5.32 Å². The fraction of sp³-hybridized carbons (Fsp3) is 0.429. The smallest absolute Gasteiger partial charge is 0.245 e. The Kier molecular flexibility index (Phi) is 6.69. The molecular formula is C14H19BrN2O2S. The van der Waals surface area contributed by atoms with Crippen LogP contribution in [0.1, 0.15) is 19.4 Å². The first-order valence-electron chi connectivity index (χ1n) is 6.40. The van der Waals surface area contributed by atoms with Crippen molar-refractivity contribution in [1.29, 1.82) is 0 Å². The molecule has 0 bridgehead atoms. The molecule has 0 aromatic heterocycles. The highest BCUT2D eigenvalue weighted by Gasteiger charge is 2.24. The molecule has 0 unspecified atom stereocenters. The Morgan fingerprint density at radius 3 is 2.65 bits per heavy atom. The van der Waals surface area contributed by atoms with Crippen LogP contribution in [-0.2, 0) is 16.6 Å². The molecule has 0 atom stereocenters. The Labute approximate surface area is 129 Å². The molecule has 0 spiro atoms. The van der Waals surface area contributed by atoms with E-state index in [2.05, 4.69) is 27.2 Å². The summed E-state index contributed by atoms with van der Waals surface area (Å²) in [4.78, 5) is 0.255. The Morgan fingerprint density at radius 1 is 1.40 bits per heavy atom. The number of rotatable bonds is 7. The Morgan fingerprint density at radius 2 is 2.10 bits per heavy atom. The van der Waals surface area contributed by atoms with Crippen LogP contribution in [0.25, 0.3) is 0 Å². The van der Waals surface area contributed by atoms with Gasteiger partial charge in [0.15, 0.2) is 0 Å². The van der Waals surface area contributed by atoms with Crippen molar-refractivity contribution in [2.75, 3.05) is 19.6 Å². The average Bonchev–Trinajstić information content (AvgIpc) is 2.43. The number of hydrogen-bond donors (Lipinski definition) is 1. The van der Waals surface area contributed by atoms with E-state index in [1.54, 1.807) is 19.1 Å². The second kappa shape index (κ2) is 7.79. The molecule has 1 aromatic rings. The monoisotopic (exact) mass is 358 g/mol. The molecule has 0 aliphatic heterocycles. The molecule has 4 nitrogen and oxygen atoms in total. The summed E-state index contributed by atoms with van der Waals surface area (Å²) in [7, 11) is -3.58. The molecule has 1 N–H and O–H groups in total. The lowest BCUT2D eigenvalue weighted by Gasteiger charge is -2.19. The van der Waals surface area contributed by atoms with Crippen LogP contribution in [-0.4, -0.2) is 32.4 Å². The molecule has 20 heavy (non-hydrogen) atoms. The first-order valence-corrected chi connectivity index (χ1v) is 8.63. The van der Waals surface area contributed by atoms with Gasteiger partial charge in [-0.15, -0.1) is 6.42 Å². The molecule has 110 valence electrons. The second-order valence-electron chi connectivity index (χ2n) is 4.18. The fourth-order valence-corrected chi connectivity index (χ4v) is 4.07. The zero-order chi connectivity index (χ0) is 15.2. The van der Waals surface area contributed by atoms with Gasteiger partial charge in [-0.05, 0) is 40.2 Å². The summed E-state index contributed by atoms with van der Waals surface area (Å²) < 4.78 is 27.0. The van der Waals surface area contributed by atoms with E-state index in [-0.39, 0.29) is 11.4 Å². The molecule has 0 heterocycles. The highest BCUT2D eigenvalue weighted by molar-refractivity contribution is 9.10. The molecule has 0 saturated heterocycles. The van der Waals surface area contributed by atoms with E-state index in [9.17, 15) is 8.42 Å². The lowest BCUT2D eigenvalue weighted by molar-refractivity contribution is 0.463. The maximum atomic E-state index is 12.6. The molecule has 0 saturated carbocycles.